The molecular weight excluding hydrogens is 673 g/mol. The van der Waals surface area contributed by atoms with Crippen LogP contribution in [0.5, 0.6) is 0 Å². The van der Waals surface area contributed by atoms with Gasteiger partial charge >= 0.3 is 0 Å². The molecule has 1 aromatic heterocycles. The summed E-state index contributed by atoms with van der Waals surface area (Å²) in [5.41, 5.74) is 4.83. The minimum absolute atomic E-state index is 0.0328. The Morgan fingerprint density at radius 3 is 2.30 bits per heavy atom. The van der Waals surface area contributed by atoms with Gasteiger partial charge in [0.2, 0.25) is 15.9 Å². The van der Waals surface area contributed by atoms with Crippen molar-refractivity contribution in [3.05, 3.63) is 143 Å². The van der Waals surface area contributed by atoms with Crippen LogP contribution in [0, 0.1) is 6.92 Å². The van der Waals surface area contributed by atoms with Crippen LogP contribution in [0.1, 0.15) is 46.6 Å². The van der Waals surface area contributed by atoms with E-state index in [9.17, 15) is 18.3 Å². The fourth-order valence-corrected chi connectivity index (χ4v) is 7.79. The largest absolute Gasteiger partial charge is 0.392 e. The smallest absolute Gasteiger partial charge is 0.242 e. The van der Waals surface area contributed by atoms with Crippen molar-refractivity contribution < 1.29 is 27.8 Å². The zero-order valence-electron chi connectivity index (χ0n) is 27.8. The Bertz CT molecular complexity index is 1970. The molecule has 0 radical (unpaired) electrons. The summed E-state index contributed by atoms with van der Waals surface area (Å²) in [6.07, 6.45) is 3.43. The lowest BCUT2D eigenvalue weighted by molar-refractivity contribution is -0.245. The van der Waals surface area contributed by atoms with Crippen molar-refractivity contribution in [2.45, 2.75) is 61.0 Å². The van der Waals surface area contributed by atoms with Crippen LogP contribution in [0.3, 0.4) is 0 Å². The number of nitrogens with one attached hydrogen (secondary N) is 2. The summed E-state index contributed by atoms with van der Waals surface area (Å²) < 4.78 is 44.1. The number of imidazole rings is 1. The molecule has 260 valence electrons. The molecule has 0 saturated carbocycles. The SMILES string of the molecule is Cc1ccc(S(=O)(=O)NC(Cc2ccccc2)C(=O)Nc2ccc(C3OC(CSc4nccn4C)CC(c4ccc(CO)cc4)O3)cc2)cc1. The molecule has 1 amide bonds. The highest BCUT2D eigenvalue weighted by Gasteiger charge is 2.33. The lowest BCUT2D eigenvalue weighted by atomic mass is 10.0. The molecule has 4 unspecified atom stereocenters. The number of ether oxygens (including phenoxy) is 2. The third kappa shape index (κ3) is 9.08. The Labute approximate surface area is 296 Å². The Morgan fingerprint density at radius 1 is 0.940 bits per heavy atom. The van der Waals surface area contributed by atoms with Crippen molar-refractivity contribution >= 4 is 33.4 Å². The van der Waals surface area contributed by atoms with Crippen molar-refractivity contribution in [2.24, 2.45) is 7.05 Å². The first-order chi connectivity index (χ1) is 24.2. The van der Waals surface area contributed by atoms with Crippen LogP contribution < -0.4 is 10.0 Å². The van der Waals surface area contributed by atoms with Gasteiger partial charge in [-0.3, -0.25) is 4.79 Å². The van der Waals surface area contributed by atoms with Gasteiger partial charge in [-0.05, 0) is 54.3 Å². The average Bonchev–Trinajstić information content (AvgIpc) is 3.55. The van der Waals surface area contributed by atoms with Crippen LogP contribution >= 0.6 is 11.8 Å². The van der Waals surface area contributed by atoms with Gasteiger partial charge in [0, 0.05) is 42.9 Å². The lowest BCUT2D eigenvalue weighted by Crippen LogP contribution is -2.45. The van der Waals surface area contributed by atoms with Gasteiger partial charge in [0.15, 0.2) is 11.4 Å². The Morgan fingerprint density at radius 2 is 1.64 bits per heavy atom. The normalized spacial score (nSPS) is 18.4. The molecule has 1 aliphatic rings. The Kier molecular flexibility index (Phi) is 11.5. The highest BCUT2D eigenvalue weighted by atomic mass is 32.2. The molecule has 4 atom stereocenters. The molecule has 5 aromatic rings. The van der Waals surface area contributed by atoms with Crippen LogP contribution in [0.25, 0.3) is 0 Å². The Hall–Kier alpha value is -4.30. The van der Waals surface area contributed by atoms with Crippen LogP contribution in [0.15, 0.2) is 126 Å². The van der Waals surface area contributed by atoms with Gasteiger partial charge in [-0.25, -0.2) is 13.4 Å². The monoisotopic (exact) mass is 712 g/mol. The van der Waals surface area contributed by atoms with E-state index in [-0.39, 0.29) is 30.1 Å². The summed E-state index contributed by atoms with van der Waals surface area (Å²) in [6, 6.07) is 29.6. The molecule has 0 bridgehead atoms. The number of carbonyl (C=O) groups excluding carboxylic acids is 1. The Balaban J connectivity index is 1.18. The number of aliphatic hydroxyl groups excluding tert-OH is 1. The van der Waals surface area contributed by atoms with Gasteiger partial charge < -0.3 is 24.5 Å². The molecule has 6 rings (SSSR count). The quantitative estimate of drug-likeness (QED) is 0.125. The molecule has 12 heteroatoms. The standard InChI is InChI=1S/C38H40N4O6S2/c1-26-8-18-33(19-9-26)50(45,46)41-34(22-27-6-4-3-5-7-27)36(44)40-31-16-14-30(15-17-31)37-47-32(25-49-38-39-20-21-42(38)2)23-35(48-37)29-12-10-28(24-43)11-13-29/h3-21,32,34-35,37,41,43H,22-25H2,1-2H3,(H,40,44). The van der Waals surface area contributed by atoms with E-state index in [0.717, 1.165) is 33.0 Å². The number of aliphatic hydroxyl groups is 1. The maximum Gasteiger partial charge on any atom is 0.242 e. The molecule has 0 spiro atoms. The van der Waals surface area contributed by atoms with E-state index in [1.807, 2.05) is 91.5 Å². The maximum absolute atomic E-state index is 13.6. The van der Waals surface area contributed by atoms with Crippen molar-refractivity contribution in [1.82, 2.24) is 14.3 Å². The molecule has 10 nitrogen and oxygen atoms in total. The second-order valence-corrected chi connectivity index (χ2v) is 15.0. The van der Waals surface area contributed by atoms with E-state index in [0.29, 0.717) is 17.9 Å². The van der Waals surface area contributed by atoms with Gasteiger partial charge in [0.25, 0.3) is 0 Å². The maximum atomic E-state index is 13.6. The number of sulfonamides is 1. The number of aromatic nitrogens is 2. The number of rotatable bonds is 13. The van der Waals surface area contributed by atoms with Crippen molar-refractivity contribution in [1.29, 1.82) is 0 Å². The molecular formula is C38H40N4O6S2. The number of aryl methyl sites for hydroxylation is 2. The van der Waals surface area contributed by atoms with Gasteiger partial charge in [-0.15, -0.1) is 0 Å². The number of anilines is 1. The first-order valence-electron chi connectivity index (χ1n) is 16.3. The third-order valence-corrected chi connectivity index (χ3v) is 11.1. The number of hydrogen-bond acceptors (Lipinski definition) is 8. The van der Waals surface area contributed by atoms with Crippen molar-refractivity contribution in [3.63, 3.8) is 0 Å². The molecule has 3 N–H and O–H groups in total. The fourth-order valence-electron chi connectivity index (χ4n) is 5.64. The van der Waals surface area contributed by atoms with E-state index < -0.39 is 28.3 Å². The molecule has 50 heavy (non-hydrogen) atoms. The van der Waals surface area contributed by atoms with Gasteiger partial charge in [-0.2, -0.15) is 4.72 Å². The number of hydrogen-bond donors (Lipinski definition) is 3. The summed E-state index contributed by atoms with van der Waals surface area (Å²) in [5.74, 6) is 0.186. The van der Waals surface area contributed by atoms with Crippen LogP contribution in [-0.4, -0.2) is 46.9 Å². The summed E-state index contributed by atoms with van der Waals surface area (Å²) in [5, 5.41) is 13.3. The molecule has 1 aliphatic heterocycles. The molecule has 1 saturated heterocycles. The number of amides is 1. The predicted molar refractivity (Wildman–Crippen MR) is 193 cm³/mol. The number of thioether (sulfide) groups is 1. The lowest BCUT2D eigenvalue weighted by Gasteiger charge is -2.36. The zero-order valence-corrected chi connectivity index (χ0v) is 29.4. The number of benzene rings is 4. The average molecular weight is 713 g/mol. The highest BCUT2D eigenvalue weighted by molar-refractivity contribution is 7.99. The molecule has 0 aliphatic carbocycles. The topological polar surface area (TPSA) is 132 Å². The third-order valence-electron chi connectivity index (χ3n) is 8.47. The summed E-state index contributed by atoms with van der Waals surface area (Å²) in [4.78, 5) is 18.1. The van der Waals surface area contributed by atoms with Crippen LogP contribution in [-0.2, 0) is 44.4 Å². The van der Waals surface area contributed by atoms with Gasteiger partial charge in [0.05, 0.1) is 23.7 Å². The van der Waals surface area contributed by atoms with E-state index in [2.05, 4.69) is 15.0 Å². The summed E-state index contributed by atoms with van der Waals surface area (Å²) >= 11 is 1.62. The van der Waals surface area contributed by atoms with Crippen LogP contribution in [0.2, 0.25) is 0 Å². The van der Waals surface area contributed by atoms with E-state index >= 15 is 0 Å². The minimum Gasteiger partial charge on any atom is -0.392 e. The van der Waals surface area contributed by atoms with E-state index in [4.69, 9.17) is 9.47 Å². The molecule has 4 aromatic carbocycles. The van der Waals surface area contributed by atoms with Gasteiger partial charge in [0.1, 0.15) is 6.04 Å². The minimum atomic E-state index is -3.98. The summed E-state index contributed by atoms with van der Waals surface area (Å²) in [7, 11) is -2.02. The fraction of sp³-hybridized carbons (Fsp3) is 0.263. The second kappa shape index (κ2) is 16.2. The summed E-state index contributed by atoms with van der Waals surface area (Å²) in [6.45, 7) is 1.85. The predicted octanol–water partition coefficient (Wildman–Crippen LogP) is 6.09. The first kappa shape index (κ1) is 35.5. The van der Waals surface area contributed by atoms with Crippen molar-refractivity contribution in [2.75, 3.05) is 11.1 Å². The van der Waals surface area contributed by atoms with E-state index in [1.165, 1.54) is 12.1 Å². The van der Waals surface area contributed by atoms with Crippen LogP contribution in [0.4, 0.5) is 5.69 Å². The zero-order chi connectivity index (χ0) is 35.1. The van der Waals surface area contributed by atoms with E-state index in [1.54, 1.807) is 42.2 Å². The second-order valence-electron chi connectivity index (χ2n) is 12.3. The van der Waals surface area contributed by atoms with Crippen molar-refractivity contribution in [3.8, 4) is 0 Å². The number of carbonyl (C=O) groups is 1. The first-order valence-corrected chi connectivity index (χ1v) is 18.8. The highest BCUT2D eigenvalue weighted by Crippen LogP contribution is 2.39. The molecule has 1 fully saturated rings. The number of nitrogens with zero attached hydrogens (tertiary/aromatic N) is 2. The van der Waals surface area contributed by atoms with Gasteiger partial charge in [-0.1, -0.05) is 96.2 Å². The molecule has 2 heterocycles.